The van der Waals surface area contributed by atoms with Crippen LogP contribution in [0, 0.1) is 17.8 Å². The van der Waals surface area contributed by atoms with Crippen LogP contribution in [-0.2, 0) is 9.47 Å². The smallest absolute Gasteiger partial charge is 0.0838 e. The SMILES string of the molecule is CC(CCCC1CCCCC(C2CO2)C1)C1CO1. The molecule has 0 aromatic rings. The molecule has 3 fully saturated rings. The van der Waals surface area contributed by atoms with Crippen molar-refractivity contribution in [2.45, 2.75) is 70.5 Å². The molecule has 0 aromatic heterocycles. The number of ether oxygens (including phenoxy) is 2. The molecule has 0 spiro atoms. The number of hydrogen-bond acceptors (Lipinski definition) is 2. The molecule has 0 bridgehead atoms. The van der Waals surface area contributed by atoms with E-state index in [4.69, 9.17) is 9.47 Å². The predicted molar refractivity (Wildman–Crippen MR) is 72.6 cm³/mol. The molecule has 104 valence electrons. The average Bonchev–Trinajstić information content (AvgIpc) is 3.20. The van der Waals surface area contributed by atoms with Crippen LogP contribution in [-0.4, -0.2) is 25.4 Å². The third kappa shape index (κ3) is 3.71. The molecule has 2 saturated heterocycles. The van der Waals surface area contributed by atoms with Gasteiger partial charge in [0.25, 0.3) is 0 Å². The Morgan fingerprint density at radius 1 is 1.11 bits per heavy atom. The Hall–Kier alpha value is -0.0800. The van der Waals surface area contributed by atoms with Gasteiger partial charge in [0.15, 0.2) is 0 Å². The van der Waals surface area contributed by atoms with E-state index in [1.165, 1.54) is 51.4 Å². The van der Waals surface area contributed by atoms with Crippen molar-refractivity contribution in [1.29, 1.82) is 0 Å². The molecule has 0 aromatic carbocycles. The van der Waals surface area contributed by atoms with Crippen LogP contribution >= 0.6 is 0 Å². The van der Waals surface area contributed by atoms with E-state index < -0.39 is 0 Å². The van der Waals surface area contributed by atoms with Crippen molar-refractivity contribution in [2.75, 3.05) is 13.2 Å². The lowest BCUT2D eigenvalue weighted by molar-refractivity contribution is 0.266. The van der Waals surface area contributed by atoms with E-state index in [-0.39, 0.29) is 0 Å². The summed E-state index contributed by atoms with van der Waals surface area (Å²) in [4.78, 5) is 0. The zero-order valence-electron chi connectivity index (χ0n) is 11.8. The maximum absolute atomic E-state index is 5.52. The number of hydrogen-bond donors (Lipinski definition) is 0. The maximum atomic E-state index is 5.52. The predicted octanol–water partition coefficient (Wildman–Crippen LogP) is 3.79. The lowest BCUT2D eigenvalue weighted by atomic mass is 9.86. The molecule has 3 aliphatic rings. The topological polar surface area (TPSA) is 25.1 Å². The highest BCUT2D eigenvalue weighted by molar-refractivity contribution is 4.83. The summed E-state index contributed by atoms with van der Waals surface area (Å²) in [6.07, 6.45) is 12.7. The van der Waals surface area contributed by atoms with Gasteiger partial charge in [0.1, 0.15) is 0 Å². The molecule has 2 heteroatoms. The van der Waals surface area contributed by atoms with Gasteiger partial charge in [0, 0.05) is 0 Å². The van der Waals surface area contributed by atoms with Gasteiger partial charge in [-0.2, -0.15) is 0 Å². The molecule has 3 rings (SSSR count). The highest BCUT2D eigenvalue weighted by Crippen LogP contribution is 2.37. The molecule has 0 radical (unpaired) electrons. The molecule has 1 aliphatic carbocycles. The van der Waals surface area contributed by atoms with E-state index in [1.807, 2.05) is 0 Å². The lowest BCUT2D eigenvalue weighted by Gasteiger charge is -2.19. The van der Waals surface area contributed by atoms with Crippen LogP contribution in [0.25, 0.3) is 0 Å². The first-order valence-corrected chi connectivity index (χ1v) is 8.06. The van der Waals surface area contributed by atoms with Gasteiger partial charge >= 0.3 is 0 Å². The van der Waals surface area contributed by atoms with Crippen molar-refractivity contribution in [3.8, 4) is 0 Å². The molecule has 5 atom stereocenters. The third-order valence-corrected chi connectivity index (χ3v) is 5.22. The Morgan fingerprint density at radius 2 is 1.89 bits per heavy atom. The van der Waals surface area contributed by atoms with Crippen molar-refractivity contribution in [3.05, 3.63) is 0 Å². The molecular formula is C16H28O2. The van der Waals surface area contributed by atoms with Crippen LogP contribution in [0.5, 0.6) is 0 Å². The van der Waals surface area contributed by atoms with Gasteiger partial charge in [-0.1, -0.05) is 39.0 Å². The Morgan fingerprint density at radius 3 is 2.61 bits per heavy atom. The highest BCUT2D eigenvalue weighted by atomic mass is 16.6. The minimum Gasteiger partial charge on any atom is -0.373 e. The second kappa shape index (κ2) is 5.92. The molecule has 2 nitrogen and oxygen atoms in total. The largest absolute Gasteiger partial charge is 0.373 e. The molecule has 0 N–H and O–H groups in total. The Bertz CT molecular complexity index is 258. The van der Waals surface area contributed by atoms with Crippen molar-refractivity contribution < 1.29 is 9.47 Å². The van der Waals surface area contributed by atoms with Crippen LogP contribution < -0.4 is 0 Å². The van der Waals surface area contributed by atoms with Crippen molar-refractivity contribution in [3.63, 3.8) is 0 Å². The summed E-state index contributed by atoms with van der Waals surface area (Å²) in [6.45, 7) is 4.42. The zero-order chi connectivity index (χ0) is 12.4. The Balaban J connectivity index is 1.37. The van der Waals surface area contributed by atoms with E-state index in [0.29, 0.717) is 12.2 Å². The van der Waals surface area contributed by atoms with Gasteiger partial charge in [-0.3, -0.25) is 0 Å². The van der Waals surface area contributed by atoms with Crippen molar-refractivity contribution >= 4 is 0 Å². The average molecular weight is 252 g/mol. The first kappa shape index (κ1) is 12.9. The van der Waals surface area contributed by atoms with E-state index in [9.17, 15) is 0 Å². The van der Waals surface area contributed by atoms with Gasteiger partial charge in [0.05, 0.1) is 25.4 Å². The molecule has 2 aliphatic heterocycles. The Kier molecular flexibility index (Phi) is 4.25. The summed E-state index contributed by atoms with van der Waals surface area (Å²) in [7, 11) is 0. The van der Waals surface area contributed by atoms with Gasteiger partial charge in [-0.05, 0) is 37.0 Å². The normalized spacial score (nSPS) is 41.2. The quantitative estimate of drug-likeness (QED) is 0.531. The second-order valence-electron chi connectivity index (χ2n) is 6.80. The fourth-order valence-corrected chi connectivity index (χ4v) is 3.73. The summed E-state index contributed by atoms with van der Waals surface area (Å²) in [5.74, 6) is 2.66. The van der Waals surface area contributed by atoms with Gasteiger partial charge in [-0.15, -0.1) is 0 Å². The van der Waals surface area contributed by atoms with Gasteiger partial charge < -0.3 is 9.47 Å². The first-order valence-electron chi connectivity index (χ1n) is 8.06. The molecular weight excluding hydrogens is 224 g/mol. The van der Waals surface area contributed by atoms with Crippen LogP contribution in [0.2, 0.25) is 0 Å². The maximum Gasteiger partial charge on any atom is 0.0838 e. The van der Waals surface area contributed by atoms with Crippen LogP contribution in [0.3, 0.4) is 0 Å². The molecule has 18 heavy (non-hydrogen) atoms. The highest BCUT2D eigenvalue weighted by Gasteiger charge is 2.35. The minimum atomic E-state index is 0.603. The summed E-state index contributed by atoms with van der Waals surface area (Å²) in [5.41, 5.74) is 0. The summed E-state index contributed by atoms with van der Waals surface area (Å²) < 4.78 is 10.9. The minimum absolute atomic E-state index is 0.603. The number of epoxide rings is 2. The lowest BCUT2D eigenvalue weighted by Crippen LogP contribution is -2.12. The van der Waals surface area contributed by atoms with Gasteiger partial charge in [-0.25, -0.2) is 0 Å². The Labute approximate surface area is 111 Å². The van der Waals surface area contributed by atoms with Crippen LogP contribution in [0.4, 0.5) is 0 Å². The summed E-state index contributed by atoms with van der Waals surface area (Å²) in [6, 6.07) is 0. The summed E-state index contributed by atoms with van der Waals surface area (Å²) in [5, 5.41) is 0. The fourth-order valence-electron chi connectivity index (χ4n) is 3.73. The van der Waals surface area contributed by atoms with Crippen LogP contribution in [0.1, 0.15) is 58.3 Å². The monoisotopic (exact) mass is 252 g/mol. The molecule has 2 heterocycles. The van der Waals surface area contributed by atoms with Gasteiger partial charge in [0.2, 0.25) is 0 Å². The van der Waals surface area contributed by atoms with Crippen LogP contribution in [0.15, 0.2) is 0 Å². The standard InChI is InChI=1S/C16H28O2/c1-12(15-10-17-15)5-4-7-13-6-2-3-8-14(9-13)16-11-18-16/h12-16H,2-11H2,1H3. The molecule has 0 amide bonds. The van der Waals surface area contributed by atoms with E-state index in [2.05, 4.69) is 6.92 Å². The van der Waals surface area contributed by atoms with E-state index in [0.717, 1.165) is 31.0 Å². The fraction of sp³-hybridized carbons (Fsp3) is 1.00. The first-order chi connectivity index (χ1) is 8.83. The number of rotatable bonds is 6. The van der Waals surface area contributed by atoms with Crippen molar-refractivity contribution in [2.24, 2.45) is 17.8 Å². The molecule has 1 saturated carbocycles. The van der Waals surface area contributed by atoms with Crippen molar-refractivity contribution in [1.82, 2.24) is 0 Å². The molecule has 5 unspecified atom stereocenters. The van der Waals surface area contributed by atoms with E-state index >= 15 is 0 Å². The van der Waals surface area contributed by atoms with E-state index in [1.54, 1.807) is 0 Å². The zero-order valence-corrected chi connectivity index (χ0v) is 11.8. The summed E-state index contributed by atoms with van der Waals surface area (Å²) >= 11 is 0. The third-order valence-electron chi connectivity index (χ3n) is 5.22. The second-order valence-corrected chi connectivity index (χ2v) is 6.80.